The third kappa shape index (κ3) is 3.48. The summed E-state index contributed by atoms with van der Waals surface area (Å²) in [5.74, 6) is 0.483. The van der Waals surface area contributed by atoms with Gasteiger partial charge in [-0.05, 0) is 49.6 Å². The highest BCUT2D eigenvalue weighted by Gasteiger charge is 2.27. The van der Waals surface area contributed by atoms with Gasteiger partial charge in [-0.2, -0.15) is 0 Å². The van der Waals surface area contributed by atoms with E-state index in [1.807, 2.05) is 38.1 Å². The van der Waals surface area contributed by atoms with E-state index in [0.29, 0.717) is 13.0 Å². The van der Waals surface area contributed by atoms with Crippen LogP contribution in [0.1, 0.15) is 25.0 Å². The van der Waals surface area contributed by atoms with Crippen LogP contribution < -0.4 is 4.74 Å². The summed E-state index contributed by atoms with van der Waals surface area (Å²) in [7, 11) is 0. The molecule has 0 aliphatic carbocycles. The summed E-state index contributed by atoms with van der Waals surface area (Å²) >= 11 is 0. The summed E-state index contributed by atoms with van der Waals surface area (Å²) in [6.45, 7) is 4.36. The number of halogens is 1. The van der Waals surface area contributed by atoms with Crippen molar-refractivity contribution in [3.8, 4) is 5.75 Å². The van der Waals surface area contributed by atoms with E-state index in [1.165, 1.54) is 12.1 Å². The molecule has 0 heterocycles. The molecule has 0 aliphatic heterocycles. The third-order valence-electron chi connectivity index (χ3n) is 3.59. The van der Waals surface area contributed by atoms with Crippen LogP contribution in [0, 0.1) is 5.82 Å². The molecular formula is C18H19FO2. The molecule has 21 heavy (non-hydrogen) atoms. The molecule has 0 N–H and O–H groups in total. The molecule has 0 fully saturated rings. The van der Waals surface area contributed by atoms with Gasteiger partial charge in [0, 0.05) is 0 Å². The van der Waals surface area contributed by atoms with E-state index in [-0.39, 0.29) is 5.82 Å². The lowest BCUT2D eigenvalue weighted by Gasteiger charge is -2.25. The lowest BCUT2D eigenvalue weighted by molar-refractivity contribution is -0.112. The molecule has 0 saturated carbocycles. The molecule has 2 nitrogen and oxygen atoms in total. The van der Waals surface area contributed by atoms with E-state index in [4.69, 9.17) is 4.74 Å². The van der Waals surface area contributed by atoms with Crippen molar-refractivity contribution in [2.24, 2.45) is 0 Å². The van der Waals surface area contributed by atoms with Crippen LogP contribution in [0.4, 0.5) is 4.39 Å². The second-order valence-corrected chi connectivity index (χ2v) is 5.26. The average Bonchev–Trinajstić information content (AvgIpc) is 2.50. The lowest BCUT2D eigenvalue weighted by atomic mass is 9.78. The summed E-state index contributed by atoms with van der Waals surface area (Å²) in [6, 6.07) is 13.8. The van der Waals surface area contributed by atoms with Crippen LogP contribution in [-0.4, -0.2) is 12.9 Å². The summed E-state index contributed by atoms with van der Waals surface area (Å²) < 4.78 is 18.7. The standard InChI is InChI=1S/C18H19FO2/c1-3-21-17-7-5-4-6-14(17)12-18(2,13-20)15-8-10-16(19)11-9-15/h4-11,13H,3,12H2,1-2H3. The molecule has 0 bridgehead atoms. The van der Waals surface area contributed by atoms with Crippen molar-refractivity contribution < 1.29 is 13.9 Å². The van der Waals surface area contributed by atoms with E-state index < -0.39 is 5.41 Å². The lowest BCUT2D eigenvalue weighted by Crippen LogP contribution is -2.27. The molecule has 0 aromatic heterocycles. The first-order valence-corrected chi connectivity index (χ1v) is 7.02. The molecule has 0 spiro atoms. The number of para-hydroxylation sites is 1. The van der Waals surface area contributed by atoms with E-state index in [0.717, 1.165) is 23.2 Å². The highest BCUT2D eigenvalue weighted by Crippen LogP contribution is 2.30. The van der Waals surface area contributed by atoms with E-state index in [2.05, 4.69) is 0 Å². The SMILES string of the molecule is CCOc1ccccc1CC(C)(C=O)c1ccc(F)cc1. The van der Waals surface area contributed by atoms with Gasteiger partial charge in [-0.3, -0.25) is 0 Å². The number of aldehydes is 1. The summed E-state index contributed by atoms with van der Waals surface area (Å²) in [5, 5.41) is 0. The fourth-order valence-corrected chi connectivity index (χ4v) is 2.38. The van der Waals surface area contributed by atoms with Gasteiger partial charge < -0.3 is 9.53 Å². The topological polar surface area (TPSA) is 26.3 Å². The Bertz CT molecular complexity index is 607. The summed E-state index contributed by atoms with van der Waals surface area (Å²) in [5.41, 5.74) is 1.06. The maximum absolute atomic E-state index is 13.1. The Balaban J connectivity index is 2.34. The Morgan fingerprint density at radius 3 is 2.43 bits per heavy atom. The number of ether oxygens (including phenoxy) is 1. The van der Waals surface area contributed by atoms with Crippen LogP contribution in [0.2, 0.25) is 0 Å². The van der Waals surface area contributed by atoms with E-state index in [1.54, 1.807) is 12.1 Å². The molecule has 2 aromatic rings. The average molecular weight is 286 g/mol. The third-order valence-corrected chi connectivity index (χ3v) is 3.59. The Kier molecular flexibility index (Phi) is 4.73. The molecule has 1 unspecified atom stereocenters. The minimum Gasteiger partial charge on any atom is -0.494 e. The minimum atomic E-state index is -0.707. The van der Waals surface area contributed by atoms with Gasteiger partial charge in [-0.15, -0.1) is 0 Å². The summed E-state index contributed by atoms with van der Waals surface area (Å²) in [4.78, 5) is 11.7. The van der Waals surface area contributed by atoms with Crippen molar-refractivity contribution in [3.05, 3.63) is 65.5 Å². The van der Waals surface area contributed by atoms with E-state index in [9.17, 15) is 9.18 Å². The van der Waals surface area contributed by atoms with Gasteiger partial charge in [0.15, 0.2) is 0 Å². The zero-order valence-corrected chi connectivity index (χ0v) is 12.3. The Morgan fingerprint density at radius 2 is 1.81 bits per heavy atom. The smallest absolute Gasteiger partial charge is 0.130 e. The molecule has 3 heteroatoms. The molecule has 110 valence electrons. The number of hydrogen-bond donors (Lipinski definition) is 0. The zero-order chi connectivity index (χ0) is 15.3. The fourth-order valence-electron chi connectivity index (χ4n) is 2.38. The van der Waals surface area contributed by atoms with Crippen molar-refractivity contribution in [3.63, 3.8) is 0 Å². The number of benzene rings is 2. The highest BCUT2D eigenvalue weighted by atomic mass is 19.1. The number of carbonyl (C=O) groups is 1. The molecule has 1 atom stereocenters. The van der Waals surface area contributed by atoms with Crippen molar-refractivity contribution >= 4 is 6.29 Å². The number of carbonyl (C=O) groups excluding carboxylic acids is 1. The quantitative estimate of drug-likeness (QED) is 0.752. The second-order valence-electron chi connectivity index (χ2n) is 5.26. The Hall–Kier alpha value is -2.16. The first-order valence-electron chi connectivity index (χ1n) is 7.02. The Morgan fingerprint density at radius 1 is 1.14 bits per heavy atom. The largest absolute Gasteiger partial charge is 0.494 e. The first kappa shape index (κ1) is 15.2. The normalized spacial score (nSPS) is 13.5. The van der Waals surface area contributed by atoms with Crippen LogP contribution in [0.3, 0.4) is 0 Å². The molecule has 0 saturated heterocycles. The van der Waals surface area contributed by atoms with Gasteiger partial charge in [0.2, 0.25) is 0 Å². The monoisotopic (exact) mass is 286 g/mol. The predicted octanol–water partition coefficient (Wildman–Crippen LogP) is 3.92. The summed E-state index contributed by atoms with van der Waals surface area (Å²) in [6.07, 6.45) is 1.43. The van der Waals surface area contributed by atoms with E-state index >= 15 is 0 Å². The van der Waals surface area contributed by atoms with Crippen molar-refractivity contribution in [1.29, 1.82) is 0 Å². The van der Waals surface area contributed by atoms with Crippen LogP contribution in [0.25, 0.3) is 0 Å². The maximum Gasteiger partial charge on any atom is 0.130 e. The van der Waals surface area contributed by atoms with Crippen molar-refractivity contribution in [1.82, 2.24) is 0 Å². The molecule has 0 radical (unpaired) electrons. The van der Waals surface area contributed by atoms with Gasteiger partial charge >= 0.3 is 0 Å². The zero-order valence-electron chi connectivity index (χ0n) is 12.3. The molecule has 0 amide bonds. The maximum atomic E-state index is 13.1. The van der Waals surface area contributed by atoms with Crippen LogP contribution >= 0.6 is 0 Å². The second kappa shape index (κ2) is 6.53. The fraction of sp³-hybridized carbons (Fsp3) is 0.278. The van der Waals surface area contributed by atoms with Gasteiger partial charge in [-0.25, -0.2) is 4.39 Å². The number of hydrogen-bond acceptors (Lipinski definition) is 2. The van der Waals surface area contributed by atoms with Gasteiger partial charge in [0.25, 0.3) is 0 Å². The first-order chi connectivity index (χ1) is 10.1. The molecular weight excluding hydrogens is 267 g/mol. The predicted molar refractivity (Wildman–Crippen MR) is 81.1 cm³/mol. The highest BCUT2D eigenvalue weighted by molar-refractivity contribution is 5.69. The van der Waals surface area contributed by atoms with Crippen molar-refractivity contribution in [2.45, 2.75) is 25.7 Å². The van der Waals surface area contributed by atoms with Crippen LogP contribution in [0.5, 0.6) is 5.75 Å². The van der Waals surface area contributed by atoms with Gasteiger partial charge in [0.1, 0.15) is 17.9 Å². The molecule has 2 rings (SSSR count). The molecule has 2 aromatic carbocycles. The van der Waals surface area contributed by atoms with Crippen molar-refractivity contribution in [2.75, 3.05) is 6.61 Å². The molecule has 0 aliphatic rings. The Labute approximate surface area is 124 Å². The van der Waals surface area contributed by atoms with Crippen LogP contribution in [0.15, 0.2) is 48.5 Å². The van der Waals surface area contributed by atoms with Gasteiger partial charge in [-0.1, -0.05) is 30.3 Å². The van der Waals surface area contributed by atoms with Crippen LogP contribution in [-0.2, 0) is 16.6 Å². The minimum absolute atomic E-state index is 0.304. The number of rotatable bonds is 6. The van der Waals surface area contributed by atoms with Gasteiger partial charge in [0.05, 0.1) is 12.0 Å².